The molecule has 1 N–H and O–H groups in total. The first-order chi connectivity index (χ1) is 9.97. The Morgan fingerprint density at radius 2 is 2.05 bits per heavy atom. The molecule has 0 amide bonds. The molecule has 2 heteroatoms. The van der Waals surface area contributed by atoms with E-state index in [1.54, 1.807) is 0 Å². The van der Waals surface area contributed by atoms with Crippen LogP contribution in [0.2, 0.25) is 0 Å². The maximum Gasteiger partial charge on any atom is 0.0346 e. The number of thiophene rings is 1. The van der Waals surface area contributed by atoms with Crippen LogP contribution in [-0.4, -0.2) is 6.54 Å². The molecule has 2 aromatic rings. The molecule has 0 radical (unpaired) electrons. The molecule has 0 aliphatic rings. The van der Waals surface area contributed by atoms with E-state index in [1.165, 1.54) is 15.6 Å². The Labute approximate surface area is 132 Å². The van der Waals surface area contributed by atoms with E-state index < -0.39 is 0 Å². The van der Waals surface area contributed by atoms with E-state index in [-0.39, 0.29) is 5.41 Å². The molecule has 0 spiro atoms. The van der Waals surface area contributed by atoms with Gasteiger partial charge in [0.05, 0.1) is 0 Å². The van der Waals surface area contributed by atoms with Crippen molar-refractivity contribution in [1.82, 2.24) is 5.32 Å². The minimum atomic E-state index is 0.0701. The van der Waals surface area contributed by atoms with Gasteiger partial charge in [0.25, 0.3) is 0 Å². The van der Waals surface area contributed by atoms with Crippen molar-refractivity contribution in [2.75, 3.05) is 6.54 Å². The molecular formula is C19H23NS. The van der Waals surface area contributed by atoms with Crippen molar-refractivity contribution >= 4 is 21.4 Å². The van der Waals surface area contributed by atoms with Gasteiger partial charge in [-0.2, -0.15) is 0 Å². The Morgan fingerprint density at radius 1 is 1.29 bits per heavy atom. The van der Waals surface area contributed by atoms with Gasteiger partial charge < -0.3 is 5.32 Å². The van der Waals surface area contributed by atoms with Crippen molar-refractivity contribution in [2.45, 2.75) is 33.7 Å². The first kappa shape index (κ1) is 15.8. The Hall–Kier alpha value is -1.56. The Morgan fingerprint density at radius 3 is 2.81 bits per heavy atom. The molecule has 21 heavy (non-hydrogen) atoms. The van der Waals surface area contributed by atoms with Crippen LogP contribution in [0.5, 0.6) is 0 Å². The summed E-state index contributed by atoms with van der Waals surface area (Å²) in [6.07, 6.45) is 4.03. The second-order valence-corrected chi connectivity index (χ2v) is 7.15. The largest absolute Gasteiger partial charge is 0.307 e. The first-order valence-electron chi connectivity index (χ1n) is 7.34. The molecule has 2 rings (SSSR count). The molecule has 1 unspecified atom stereocenters. The van der Waals surface area contributed by atoms with Gasteiger partial charge in [-0.25, -0.2) is 0 Å². The van der Waals surface area contributed by atoms with Crippen molar-refractivity contribution in [3.05, 3.63) is 47.4 Å². The van der Waals surface area contributed by atoms with Crippen LogP contribution in [0.15, 0.2) is 41.8 Å². The predicted octanol–water partition coefficient (Wildman–Crippen LogP) is 5.16. The highest BCUT2D eigenvalue weighted by molar-refractivity contribution is 7.17. The second-order valence-electron chi connectivity index (χ2n) is 6.24. The van der Waals surface area contributed by atoms with E-state index >= 15 is 0 Å². The SMILES string of the molecule is CC(NC/C=C/C#CC(C)(C)C)c1csc2ccccc12. The van der Waals surface area contributed by atoms with Crippen molar-refractivity contribution in [3.8, 4) is 11.8 Å². The summed E-state index contributed by atoms with van der Waals surface area (Å²) in [6, 6.07) is 8.92. The first-order valence-corrected chi connectivity index (χ1v) is 8.22. The van der Waals surface area contributed by atoms with E-state index in [4.69, 9.17) is 0 Å². The van der Waals surface area contributed by atoms with Gasteiger partial charge in [0.1, 0.15) is 0 Å². The molecule has 0 saturated heterocycles. The number of benzene rings is 1. The highest BCUT2D eigenvalue weighted by Gasteiger charge is 2.09. The summed E-state index contributed by atoms with van der Waals surface area (Å²) < 4.78 is 1.35. The Balaban J connectivity index is 1.92. The van der Waals surface area contributed by atoms with E-state index in [9.17, 15) is 0 Å². The van der Waals surface area contributed by atoms with Crippen LogP contribution in [0.3, 0.4) is 0 Å². The minimum Gasteiger partial charge on any atom is -0.307 e. The molecule has 0 bridgehead atoms. The fourth-order valence-electron chi connectivity index (χ4n) is 2.06. The van der Waals surface area contributed by atoms with Gasteiger partial charge in [0.2, 0.25) is 0 Å². The fraction of sp³-hybridized carbons (Fsp3) is 0.368. The van der Waals surface area contributed by atoms with Crippen LogP contribution in [0, 0.1) is 17.3 Å². The van der Waals surface area contributed by atoms with Crippen molar-refractivity contribution < 1.29 is 0 Å². The summed E-state index contributed by atoms with van der Waals surface area (Å²) in [7, 11) is 0. The average molecular weight is 297 g/mol. The fourth-order valence-corrected chi connectivity index (χ4v) is 3.12. The molecule has 1 aromatic carbocycles. The number of hydrogen-bond acceptors (Lipinski definition) is 2. The zero-order valence-electron chi connectivity index (χ0n) is 13.2. The normalized spacial score (nSPS) is 13.3. The summed E-state index contributed by atoms with van der Waals surface area (Å²) in [6.45, 7) is 9.41. The predicted molar refractivity (Wildman–Crippen MR) is 94.6 cm³/mol. The molecule has 0 saturated carbocycles. The van der Waals surface area contributed by atoms with Crippen LogP contribution in [0.1, 0.15) is 39.3 Å². The number of nitrogens with one attached hydrogen (secondary N) is 1. The molecule has 0 aliphatic carbocycles. The third-order valence-corrected chi connectivity index (χ3v) is 4.15. The quantitative estimate of drug-likeness (QED) is 0.769. The maximum absolute atomic E-state index is 3.53. The number of allylic oxidation sites excluding steroid dienone is 1. The Bertz CT molecular complexity index is 677. The molecule has 1 aromatic heterocycles. The maximum atomic E-state index is 3.53. The van der Waals surface area contributed by atoms with Crippen LogP contribution < -0.4 is 5.32 Å². The number of rotatable bonds is 4. The third-order valence-electron chi connectivity index (χ3n) is 3.17. The summed E-state index contributed by atoms with van der Waals surface area (Å²) >= 11 is 1.81. The second kappa shape index (κ2) is 6.93. The van der Waals surface area contributed by atoms with Gasteiger partial charge in [-0.3, -0.25) is 0 Å². The molecule has 1 nitrogen and oxygen atoms in total. The molecule has 1 atom stereocenters. The summed E-state index contributed by atoms with van der Waals surface area (Å²) in [4.78, 5) is 0. The van der Waals surface area contributed by atoms with Gasteiger partial charge in [-0.05, 0) is 56.2 Å². The van der Waals surface area contributed by atoms with Gasteiger partial charge in [0.15, 0.2) is 0 Å². The number of hydrogen-bond donors (Lipinski definition) is 1. The lowest BCUT2D eigenvalue weighted by molar-refractivity contribution is 0.571. The summed E-state index contributed by atoms with van der Waals surface area (Å²) in [5.74, 6) is 6.29. The summed E-state index contributed by atoms with van der Waals surface area (Å²) in [5.41, 5.74) is 1.45. The van der Waals surface area contributed by atoms with E-state index in [1.807, 2.05) is 17.4 Å². The highest BCUT2D eigenvalue weighted by Crippen LogP contribution is 2.29. The van der Waals surface area contributed by atoms with Crippen molar-refractivity contribution in [2.24, 2.45) is 5.41 Å². The van der Waals surface area contributed by atoms with E-state index in [0.29, 0.717) is 6.04 Å². The lowest BCUT2D eigenvalue weighted by atomic mass is 9.98. The van der Waals surface area contributed by atoms with Crippen LogP contribution in [0.4, 0.5) is 0 Å². The van der Waals surface area contributed by atoms with Crippen LogP contribution in [0.25, 0.3) is 10.1 Å². The van der Waals surface area contributed by atoms with Gasteiger partial charge in [-0.15, -0.1) is 11.3 Å². The zero-order chi connectivity index (χ0) is 15.3. The molecule has 1 heterocycles. The van der Waals surface area contributed by atoms with Gasteiger partial charge >= 0.3 is 0 Å². The number of fused-ring (bicyclic) bond motifs is 1. The summed E-state index contributed by atoms with van der Waals surface area (Å²) in [5, 5.41) is 7.14. The Kier molecular flexibility index (Phi) is 5.22. The van der Waals surface area contributed by atoms with Gasteiger partial charge in [0, 0.05) is 22.7 Å². The molecular weight excluding hydrogens is 274 g/mol. The lowest BCUT2D eigenvalue weighted by Crippen LogP contribution is -2.18. The monoisotopic (exact) mass is 297 g/mol. The average Bonchev–Trinajstić information content (AvgIpc) is 2.85. The lowest BCUT2D eigenvalue weighted by Gasteiger charge is -2.11. The van der Waals surface area contributed by atoms with Crippen molar-refractivity contribution in [3.63, 3.8) is 0 Å². The molecule has 110 valence electrons. The van der Waals surface area contributed by atoms with Gasteiger partial charge in [-0.1, -0.05) is 36.1 Å². The smallest absolute Gasteiger partial charge is 0.0346 e. The van der Waals surface area contributed by atoms with E-state index in [0.717, 1.165) is 6.54 Å². The van der Waals surface area contributed by atoms with Crippen molar-refractivity contribution in [1.29, 1.82) is 0 Å². The zero-order valence-corrected chi connectivity index (χ0v) is 14.1. The molecule has 0 aliphatic heterocycles. The van der Waals surface area contributed by atoms with Crippen LogP contribution >= 0.6 is 11.3 Å². The van der Waals surface area contributed by atoms with Crippen LogP contribution in [-0.2, 0) is 0 Å². The minimum absolute atomic E-state index is 0.0701. The highest BCUT2D eigenvalue weighted by atomic mass is 32.1. The van der Waals surface area contributed by atoms with E-state index in [2.05, 4.69) is 80.6 Å². The third kappa shape index (κ3) is 4.74. The molecule has 0 fully saturated rings. The topological polar surface area (TPSA) is 12.0 Å². The standard InChI is InChI=1S/C19H23NS/c1-15(20-13-9-5-8-12-19(2,3)4)17-14-21-18-11-7-6-10-16(17)18/h5-7,9-11,14-15,20H,13H2,1-4H3/b9-5+.